The molecule has 1 aromatic carbocycles. The molecule has 0 spiro atoms. The number of hydrogen-bond acceptors (Lipinski definition) is 4. The fraction of sp³-hybridized carbons (Fsp3) is 0.450. The summed E-state index contributed by atoms with van der Waals surface area (Å²) in [5, 5.41) is 12.9. The number of carbonyl (C=O) groups is 1. The van der Waals surface area contributed by atoms with Gasteiger partial charge in [-0.15, -0.1) is 0 Å². The van der Waals surface area contributed by atoms with Crippen molar-refractivity contribution in [3.8, 4) is 0 Å². The zero-order valence-electron chi connectivity index (χ0n) is 15.7. The number of aliphatic hydroxyl groups is 1. The highest BCUT2D eigenvalue weighted by atomic mass is 35.5. The topological polar surface area (TPSA) is 78.4 Å². The Labute approximate surface area is 164 Å². The molecule has 27 heavy (non-hydrogen) atoms. The second kappa shape index (κ2) is 8.67. The molecule has 1 aliphatic heterocycles. The summed E-state index contributed by atoms with van der Waals surface area (Å²) in [6, 6.07) is 5.65. The first-order valence-corrected chi connectivity index (χ1v) is 9.56. The van der Waals surface area contributed by atoms with E-state index in [-0.39, 0.29) is 18.6 Å². The minimum atomic E-state index is -0.0999. The third kappa shape index (κ3) is 4.96. The molecule has 2 N–H and O–H groups in total. The molecule has 0 bridgehead atoms. The Balaban J connectivity index is 1.61. The Morgan fingerprint density at radius 1 is 1.44 bits per heavy atom. The second-order valence-electron chi connectivity index (χ2n) is 7.16. The Morgan fingerprint density at radius 3 is 3.00 bits per heavy atom. The molecule has 2 amide bonds. The fourth-order valence-corrected chi connectivity index (χ4v) is 3.22. The van der Waals surface area contributed by atoms with Crippen LogP contribution in [-0.4, -0.2) is 39.2 Å². The van der Waals surface area contributed by atoms with Crippen LogP contribution in [0.1, 0.15) is 35.1 Å². The van der Waals surface area contributed by atoms with Gasteiger partial charge in [-0.05, 0) is 42.0 Å². The summed E-state index contributed by atoms with van der Waals surface area (Å²) in [5.41, 5.74) is 4.00. The summed E-state index contributed by atoms with van der Waals surface area (Å²) in [5.74, 6) is 0.836. The van der Waals surface area contributed by atoms with Crippen LogP contribution >= 0.6 is 11.6 Å². The van der Waals surface area contributed by atoms with Crippen LogP contribution in [0.3, 0.4) is 0 Å². The van der Waals surface area contributed by atoms with Gasteiger partial charge in [0.2, 0.25) is 0 Å². The molecule has 0 unspecified atom stereocenters. The lowest BCUT2D eigenvalue weighted by Gasteiger charge is -2.28. The molecular formula is C20H25ClN4O2. The number of benzene rings is 1. The van der Waals surface area contributed by atoms with E-state index in [1.54, 1.807) is 4.90 Å². The van der Waals surface area contributed by atoms with Gasteiger partial charge in [0.05, 0.1) is 12.2 Å². The number of aryl methyl sites for hydroxylation is 1. The zero-order chi connectivity index (χ0) is 19.4. The largest absolute Gasteiger partial charge is 0.396 e. The smallest absolute Gasteiger partial charge is 0.318 e. The SMILES string of the molecule is Cc1cc(CNC(=O)N2CCc3cnc(C[C@@H](C)CO)nc3C2)ccc1Cl. The van der Waals surface area contributed by atoms with E-state index < -0.39 is 0 Å². The van der Waals surface area contributed by atoms with E-state index in [2.05, 4.69) is 15.3 Å². The molecule has 0 aliphatic carbocycles. The van der Waals surface area contributed by atoms with Gasteiger partial charge in [0.25, 0.3) is 0 Å². The highest BCUT2D eigenvalue weighted by Gasteiger charge is 2.22. The van der Waals surface area contributed by atoms with Gasteiger partial charge in [-0.25, -0.2) is 14.8 Å². The number of amides is 2. The van der Waals surface area contributed by atoms with E-state index in [1.807, 2.05) is 38.2 Å². The summed E-state index contributed by atoms with van der Waals surface area (Å²) >= 11 is 6.04. The van der Waals surface area contributed by atoms with Crippen molar-refractivity contribution in [1.82, 2.24) is 20.2 Å². The molecule has 144 valence electrons. The number of rotatable bonds is 5. The van der Waals surface area contributed by atoms with E-state index in [4.69, 9.17) is 11.6 Å². The number of hydrogen-bond donors (Lipinski definition) is 2. The Kier molecular flexibility index (Phi) is 6.29. The Bertz CT molecular complexity index is 828. The van der Waals surface area contributed by atoms with Gasteiger partial charge >= 0.3 is 6.03 Å². The van der Waals surface area contributed by atoms with E-state index in [0.717, 1.165) is 33.8 Å². The van der Waals surface area contributed by atoms with Crippen molar-refractivity contribution in [2.75, 3.05) is 13.2 Å². The predicted molar refractivity (Wildman–Crippen MR) is 105 cm³/mol. The normalized spacial score (nSPS) is 14.6. The fourth-order valence-electron chi connectivity index (χ4n) is 3.10. The second-order valence-corrected chi connectivity index (χ2v) is 7.57. The first-order chi connectivity index (χ1) is 13.0. The van der Waals surface area contributed by atoms with Crippen LogP contribution in [0, 0.1) is 12.8 Å². The maximum atomic E-state index is 12.6. The first kappa shape index (κ1) is 19.6. The summed E-state index contributed by atoms with van der Waals surface area (Å²) in [7, 11) is 0. The van der Waals surface area contributed by atoms with E-state index in [1.165, 1.54) is 0 Å². The van der Waals surface area contributed by atoms with E-state index in [0.29, 0.717) is 31.9 Å². The van der Waals surface area contributed by atoms with Crippen LogP contribution in [-0.2, 0) is 25.9 Å². The van der Waals surface area contributed by atoms with Crippen molar-refractivity contribution in [2.45, 2.75) is 39.8 Å². The summed E-state index contributed by atoms with van der Waals surface area (Å²) in [6.07, 6.45) is 3.23. The average molecular weight is 389 g/mol. The molecule has 1 aromatic heterocycles. The number of nitrogens with zero attached hydrogens (tertiary/aromatic N) is 3. The Morgan fingerprint density at radius 2 is 2.26 bits per heavy atom. The lowest BCUT2D eigenvalue weighted by molar-refractivity contribution is 0.190. The van der Waals surface area contributed by atoms with Crippen LogP contribution in [0.5, 0.6) is 0 Å². The quantitative estimate of drug-likeness (QED) is 0.825. The number of aromatic nitrogens is 2. The van der Waals surface area contributed by atoms with Crippen LogP contribution in [0.25, 0.3) is 0 Å². The highest BCUT2D eigenvalue weighted by Crippen LogP contribution is 2.18. The molecule has 2 heterocycles. The van der Waals surface area contributed by atoms with Gasteiger partial charge < -0.3 is 15.3 Å². The standard InChI is InChI=1S/C20H25ClN4O2/c1-13(12-26)7-19-22-10-16-5-6-25(11-18(16)24-19)20(27)23-9-15-3-4-17(21)14(2)8-15/h3-4,8,10,13,26H,5-7,9,11-12H2,1-2H3,(H,23,27)/t13-/m1/s1. The third-order valence-corrected chi connectivity index (χ3v) is 5.22. The van der Waals surface area contributed by atoms with Crippen molar-refractivity contribution in [3.63, 3.8) is 0 Å². The molecule has 1 atom stereocenters. The molecule has 6 nitrogen and oxygen atoms in total. The molecule has 0 saturated heterocycles. The number of nitrogens with one attached hydrogen (secondary N) is 1. The monoisotopic (exact) mass is 388 g/mol. The minimum Gasteiger partial charge on any atom is -0.396 e. The molecule has 0 fully saturated rings. The molecule has 2 aromatic rings. The van der Waals surface area contributed by atoms with Gasteiger partial charge in [-0.1, -0.05) is 30.7 Å². The van der Waals surface area contributed by atoms with Crippen molar-refractivity contribution >= 4 is 17.6 Å². The van der Waals surface area contributed by atoms with Crippen molar-refractivity contribution in [1.29, 1.82) is 0 Å². The number of fused-ring (bicyclic) bond motifs is 1. The van der Waals surface area contributed by atoms with Crippen molar-refractivity contribution < 1.29 is 9.90 Å². The summed E-state index contributed by atoms with van der Waals surface area (Å²) in [4.78, 5) is 23.3. The van der Waals surface area contributed by atoms with Crippen LogP contribution in [0.2, 0.25) is 5.02 Å². The number of carbonyl (C=O) groups excluding carboxylic acids is 1. The summed E-state index contributed by atoms with van der Waals surface area (Å²) < 4.78 is 0. The molecule has 7 heteroatoms. The average Bonchev–Trinajstić information content (AvgIpc) is 2.68. The maximum Gasteiger partial charge on any atom is 0.318 e. The highest BCUT2D eigenvalue weighted by molar-refractivity contribution is 6.31. The van der Waals surface area contributed by atoms with E-state index in [9.17, 15) is 9.90 Å². The van der Waals surface area contributed by atoms with Crippen molar-refractivity contribution in [2.24, 2.45) is 5.92 Å². The van der Waals surface area contributed by atoms with Gasteiger partial charge in [-0.3, -0.25) is 0 Å². The lowest BCUT2D eigenvalue weighted by Crippen LogP contribution is -2.42. The minimum absolute atomic E-state index is 0.0999. The third-order valence-electron chi connectivity index (χ3n) is 4.79. The van der Waals surface area contributed by atoms with Gasteiger partial charge in [0, 0.05) is 37.3 Å². The number of urea groups is 1. The summed E-state index contributed by atoms with van der Waals surface area (Å²) in [6.45, 7) is 5.60. The molecule has 1 aliphatic rings. The molecule has 0 saturated carbocycles. The van der Waals surface area contributed by atoms with E-state index >= 15 is 0 Å². The van der Waals surface area contributed by atoms with Crippen molar-refractivity contribution in [3.05, 3.63) is 57.6 Å². The predicted octanol–water partition coefficient (Wildman–Crippen LogP) is 2.88. The van der Waals surface area contributed by atoms with Crippen LogP contribution in [0.15, 0.2) is 24.4 Å². The van der Waals surface area contributed by atoms with Gasteiger partial charge in [-0.2, -0.15) is 0 Å². The van der Waals surface area contributed by atoms with Crippen LogP contribution in [0.4, 0.5) is 4.79 Å². The number of halogens is 1. The van der Waals surface area contributed by atoms with Gasteiger partial charge in [0.15, 0.2) is 0 Å². The maximum absolute atomic E-state index is 12.6. The molecule has 3 rings (SSSR count). The molecular weight excluding hydrogens is 364 g/mol. The number of aliphatic hydroxyl groups excluding tert-OH is 1. The lowest BCUT2D eigenvalue weighted by atomic mass is 10.1. The van der Waals surface area contributed by atoms with Gasteiger partial charge in [0.1, 0.15) is 5.82 Å². The molecule has 0 radical (unpaired) electrons. The van der Waals surface area contributed by atoms with Crippen LogP contribution < -0.4 is 5.32 Å². The zero-order valence-corrected chi connectivity index (χ0v) is 16.5. The first-order valence-electron chi connectivity index (χ1n) is 9.18. The Hall–Kier alpha value is -2.18.